The van der Waals surface area contributed by atoms with Gasteiger partial charge < -0.3 is 15.2 Å². The van der Waals surface area contributed by atoms with Gasteiger partial charge in [0.15, 0.2) is 0 Å². The molecule has 0 spiro atoms. The molecule has 4 rings (SSSR count). The topological polar surface area (TPSA) is 65.0 Å². The van der Waals surface area contributed by atoms with E-state index < -0.39 is 0 Å². The van der Waals surface area contributed by atoms with Crippen molar-refractivity contribution in [2.45, 2.75) is 19.4 Å². The van der Waals surface area contributed by atoms with Gasteiger partial charge in [-0.25, -0.2) is 0 Å². The van der Waals surface area contributed by atoms with Crippen molar-refractivity contribution >= 4 is 22.2 Å². The van der Waals surface area contributed by atoms with Crippen LogP contribution in [-0.4, -0.2) is 67.3 Å². The van der Waals surface area contributed by atoms with E-state index in [-0.39, 0.29) is 18.6 Å². The number of thiophene rings is 1. The summed E-state index contributed by atoms with van der Waals surface area (Å²) in [5.41, 5.74) is 2.96. The van der Waals surface area contributed by atoms with Crippen molar-refractivity contribution in [2.24, 2.45) is 0 Å². The lowest BCUT2D eigenvalue weighted by Crippen LogP contribution is -2.48. The summed E-state index contributed by atoms with van der Waals surface area (Å²) in [6.45, 7) is 6.63. The molecule has 6 nitrogen and oxygen atoms in total. The van der Waals surface area contributed by atoms with Gasteiger partial charge in [-0.2, -0.15) is 0 Å². The smallest absolute Gasteiger partial charge is 0.256 e. The van der Waals surface area contributed by atoms with E-state index in [9.17, 15) is 9.90 Å². The van der Waals surface area contributed by atoms with Crippen LogP contribution >= 0.6 is 11.3 Å². The highest BCUT2D eigenvalue weighted by atomic mass is 32.1. The van der Waals surface area contributed by atoms with E-state index in [1.807, 2.05) is 42.5 Å². The monoisotopic (exact) mass is 479 g/mol. The molecule has 0 radical (unpaired) electrons. The van der Waals surface area contributed by atoms with E-state index in [1.165, 1.54) is 10.4 Å². The third-order valence-electron chi connectivity index (χ3n) is 6.34. The summed E-state index contributed by atoms with van der Waals surface area (Å²) in [6.07, 6.45) is 0.915. The summed E-state index contributed by atoms with van der Waals surface area (Å²) < 4.78 is 5.39. The number of carbonyl (C=O) groups is 1. The number of benzene rings is 2. The Morgan fingerprint density at radius 2 is 1.79 bits per heavy atom. The molecule has 2 N–H and O–H groups in total. The Hall–Kier alpha value is -2.71. The molecule has 1 aliphatic heterocycles. The first-order valence-electron chi connectivity index (χ1n) is 11.8. The first-order valence-corrected chi connectivity index (χ1v) is 12.6. The zero-order valence-electron chi connectivity index (χ0n) is 19.9. The Bertz CT molecular complexity index is 1060. The summed E-state index contributed by atoms with van der Waals surface area (Å²) in [6, 6.07) is 19.9. The zero-order chi connectivity index (χ0) is 23.9. The molecule has 1 unspecified atom stereocenters. The Morgan fingerprint density at radius 1 is 1.09 bits per heavy atom. The Kier molecular flexibility index (Phi) is 8.34. The van der Waals surface area contributed by atoms with E-state index in [0.717, 1.165) is 48.9 Å². The number of hydrogen-bond acceptors (Lipinski definition) is 6. The predicted molar refractivity (Wildman–Crippen MR) is 138 cm³/mol. The molecular formula is C27H33N3O3S. The van der Waals surface area contributed by atoms with Crippen molar-refractivity contribution in [1.29, 1.82) is 0 Å². The van der Waals surface area contributed by atoms with Gasteiger partial charge in [0.05, 0.1) is 19.8 Å². The molecule has 1 amide bonds. The van der Waals surface area contributed by atoms with Crippen LogP contribution < -0.4 is 10.1 Å². The van der Waals surface area contributed by atoms with Crippen LogP contribution in [0.3, 0.4) is 0 Å². The Labute approximate surface area is 205 Å². The number of hydrogen-bond donors (Lipinski definition) is 2. The molecule has 180 valence electrons. The van der Waals surface area contributed by atoms with Crippen molar-refractivity contribution < 1.29 is 14.6 Å². The van der Waals surface area contributed by atoms with E-state index in [2.05, 4.69) is 40.2 Å². The average molecular weight is 480 g/mol. The molecule has 1 atom stereocenters. The van der Waals surface area contributed by atoms with Crippen LogP contribution in [0.5, 0.6) is 5.75 Å². The van der Waals surface area contributed by atoms with Gasteiger partial charge in [0.2, 0.25) is 0 Å². The molecule has 0 bridgehead atoms. The fourth-order valence-electron chi connectivity index (χ4n) is 4.46. The minimum Gasteiger partial charge on any atom is -0.497 e. The van der Waals surface area contributed by atoms with Crippen molar-refractivity contribution in [1.82, 2.24) is 9.80 Å². The number of rotatable bonds is 9. The highest BCUT2D eigenvalue weighted by molar-refractivity contribution is 7.16. The second-order valence-electron chi connectivity index (χ2n) is 8.45. The van der Waals surface area contributed by atoms with Gasteiger partial charge in [0, 0.05) is 48.7 Å². The fourth-order valence-corrected chi connectivity index (χ4v) is 5.48. The number of aliphatic hydroxyl groups is 1. The Morgan fingerprint density at radius 3 is 2.41 bits per heavy atom. The molecule has 3 aromatic rings. The van der Waals surface area contributed by atoms with Crippen molar-refractivity contribution in [3.8, 4) is 5.75 Å². The SMILES string of the molecule is CCc1cc(C(c2ccc(OC)cc2)N2CCN(CCO)CC2)c(NC(=O)c2ccccc2)s1. The molecule has 34 heavy (non-hydrogen) atoms. The molecule has 2 heterocycles. The lowest BCUT2D eigenvalue weighted by Gasteiger charge is -2.39. The molecule has 1 saturated heterocycles. The number of methoxy groups -OCH3 is 1. The standard InChI is InChI=1S/C27H33N3O3S/c1-3-23-19-24(27(34-23)28-26(32)21-7-5-4-6-8-21)25(20-9-11-22(33-2)12-10-20)30-15-13-29(14-16-30)17-18-31/h4-12,19,25,31H,3,13-18H2,1-2H3,(H,28,32). The molecule has 0 aliphatic carbocycles. The van der Waals surface area contributed by atoms with Crippen molar-refractivity contribution in [3.05, 3.63) is 82.2 Å². The number of nitrogens with zero attached hydrogens (tertiary/aromatic N) is 2. The molecule has 1 aliphatic rings. The average Bonchev–Trinajstić information content (AvgIpc) is 3.28. The number of ether oxygens (including phenoxy) is 1. The summed E-state index contributed by atoms with van der Waals surface area (Å²) in [5.74, 6) is 0.736. The first-order chi connectivity index (χ1) is 16.6. The van der Waals surface area contributed by atoms with Gasteiger partial charge in [-0.3, -0.25) is 14.6 Å². The normalized spacial score (nSPS) is 15.7. The number of piperazine rings is 1. The van der Waals surface area contributed by atoms with Crippen LogP contribution in [0.4, 0.5) is 5.00 Å². The number of amides is 1. The van der Waals surface area contributed by atoms with Gasteiger partial charge in [-0.15, -0.1) is 11.3 Å². The first kappa shape index (κ1) is 24.4. The number of carbonyl (C=O) groups excluding carboxylic acids is 1. The van der Waals surface area contributed by atoms with E-state index in [4.69, 9.17) is 4.74 Å². The minimum atomic E-state index is -0.0902. The maximum absolute atomic E-state index is 13.0. The highest BCUT2D eigenvalue weighted by Gasteiger charge is 2.30. The molecule has 1 fully saturated rings. The lowest BCUT2D eigenvalue weighted by atomic mass is 9.97. The zero-order valence-corrected chi connectivity index (χ0v) is 20.7. The summed E-state index contributed by atoms with van der Waals surface area (Å²) in [7, 11) is 1.68. The van der Waals surface area contributed by atoms with Gasteiger partial charge in [-0.1, -0.05) is 37.3 Å². The molecule has 1 aromatic heterocycles. The van der Waals surface area contributed by atoms with E-state index in [1.54, 1.807) is 18.4 Å². The van der Waals surface area contributed by atoms with Crippen LogP contribution in [0.25, 0.3) is 0 Å². The minimum absolute atomic E-state index is 0.0183. The number of nitrogens with one attached hydrogen (secondary N) is 1. The predicted octanol–water partition coefficient (Wildman–Crippen LogP) is 4.27. The second-order valence-corrected chi connectivity index (χ2v) is 9.58. The maximum atomic E-state index is 13.0. The summed E-state index contributed by atoms with van der Waals surface area (Å²) >= 11 is 1.66. The van der Waals surface area contributed by atoms with E-state index >= 15 is 0 Å². The fraction of sp³-hybridized carbons (Fsp3) is 0.370. The van der Waals surface area contributed by atoms with Crippen LogP contribution in [-0.2, 0) is 6.42 Å². The molecule has 0 saturated carbocycles. The third kappa shape index (κ3) is 5.67. The number of anilines is 1. The van der Waals surface area contributed by atoms with Crippen LogP contribution in [0.1, 0.15) is 39.3 Å². The highest BCUT2D eigenvalue weighted by Crippen LogP contribution is 2.40. The number of β-amino-alcohol motifs (C(OH)–C–C–N with tert-alkyl or cyclic N) is 1. The van der Waals surface area contributed by atoms with Gasteiger partial charge in [0.25, 0.3) is 5.91 Å². The summed E-state index contributed by atoms with van der Waals surface area (Å²) in [4.78, 5) is 19.1. The quantitative estimate of drug-likeness (QED) is 0.480. The van der Waals surface area contributed by atoms with Crippen molar-refractivity contribution in [2.75, 3.05) is 51.8 Å². The van der Waals surface area contributed by atoms with Gasteiger partial charge >= 0.3 is 0 Å². The molecule has 2 aromatic carbocycles. The van der Waals surface area contributed by atoms with Crippen LogP contribution in [0, 0.1) is 0 Å². The van der Waals surface area contributed by atoms with Gasteiger partial charge in [0.1, 0.15) is 10.8 Å². The second kappa shape index (κ2) is 11.6. The molecule has 7 heteroatoms. The number of aryl methyl sites for hydroxylation is 1. The Balaban J connectivity index is 1.69. The summed E-state index contributed by atoms with van der Waals surface area (Å²) in [5, 5.41) is 13.5. The van der Waals surface area contributed by atoms with E-state index in [0.29, 0.717) is 12.1 Å². The lowest BCUT2D eigenvalue weighted by molar-refractivity contribution is 0.0946. The van der Waals surface area contributed by atoms with Crippen LogP contribution in [0.15, 0.2) is 60.7 Å². The van der Waals surface area contributed by atoms with Crippen molar-refractivity contribution in [3.63, 3.8) is 0 Å². The maximum Gasteiger partial charge on any atom is 0.256 e. The van der Waals surface area contributed by atoms with Gasteiger partial charge in [-0.05, 0) is 42.3 Å². The third-order valence-corrected chi connectivity index (χ3v) is 7.55. The largest absolute Gasteiger partial charge is 0.497 e. The number of aliphatic hydroxyl groups excluding tert-OH is 1. The molecular weight excluding hydrogens is 446 g/mol. The van der Waals surface area contributed by atoms with Crippen LogP contribution in [0.2, 0.25) is 0 Å².